The van der Waals surface area contributed by atoms with E-state index in [1.807, 2.05) is 0 Å². The Balaban J connectivity index is 0.00000272. The molecule has 0 radical (unpaired) electrons. The number of hydrogen-bond donors (Lipinski definition) is 0. The Morgan fingerprint density at radius 3 is 2.18 bits per heavy atom. The molecule has 7 heteroatoms. The SMILES string of the molecule is Cc1cc([O][Ti]([CH]2c3ccccc3CC2N(C)C)[SiH](C)C)cc([Si](C)(C)C(C)(C)C)c1.Cl.Cl. The molecular formula is C26H44Cl2NOSi2Ti. The molecule has 0 aliphatic heterocycles. The predicted octanol–water partition coefficient (Wildman–Crippen LogP) is 6.68. The van der Waals surface area contributed by atoms with Crippen molar-refractivity contribution >= 4 is 44.7 Å². The van der Waals surface area contributed by atoms with Crippen LogP contribution in [0.5, 0.6) is 5.75 Å². The summed E-state index contributed by atoms with van der Waals surface area (Å²) in [7, 11) is 2.91. The van der Waals surface area contributed by atoms with Gasteiger partial charge >= 0.3 is 200 Å². The van der Waals surface area contributed by atoms with Gasteiger partial charge in [0.2, 0.25) is 0 Å². The van der Waals surface area contributed by atoms with Gasteiger partial charge in [-0.25, -0.2) is 0 Å². The molecule has 0 bridgehead atoms. The molecule has 0 amide bonds. The van der Waals surface area contributed by atoms with Gasteiger partial charge in [0.05, 0.1) is 0 Å². The Hall–Kier alpha value is -0.0719. The van der Waals surface area contributed by atoms with Crippen molar-refractivity contribution in [3.8, 4) is 5.75 Å². The Labute approximate surface area is 223 Å². The number of benzene rings is 2. The summed E-state index contributed by atoms with van der Waals surface area (Å²) in [6.45, 7) is 18.6. The molecule has 2 unspecified atom stereocenters. The zero-order valence-electron chi connectivity index (χ0n) is 22.2. The summed E-state index contributed by atoms with van der Waals surface area (Å²) in [6.07, 6.45) is 1.16. The quantitative estimate of drug-likeness (QED) is 0.365. The number of aryl methyl sites for hydroxylation is 1. The average molecular weight is 562 g/mol. The standard InChI is InChI=1S/C13H22OSi.C11H14N.C2H7Si.2ClH.Ti/c1-10-7-11(14)9-12(8-10)15(5,6)13(2,3)4;1-12(2)11-7-9-5-3-4-6-10(9)8-11;1-3-2;;;/h7-9,14H,1-6H3;3-7,11H,8H2,1-2H3;3H,1-2H3;2*1H;/q;;;;;+1/p-1. The fraction of sp³-hybridized carbons (Fsp3) is 0.538. The van der Waals surface area contributed by atoms with E-state index >= 15 is 0 Å². The van der Waals surface area contributed by atoms with E-state index < -0.39 is 32.3 Å². The Morgan fingerprint density at radius 2 is 1.64 bits per heavy atom. The maximum atomic E-state index is 7.15. The number of nitrogens with zero attached hydrogens (tertiary/aromatic N) is 1. The van der Waals surface area contributed by atoms with Crippen LogP contribution in [0.15, 0.2) is 42.5 Å². The minimum atomic E-state index is -1.81. The maximum absolute atomic E-state index is 7.15. The van der Waals surface area contributed by atoms with Crippen molar-refractivity contribution < 1.29 is 20.8 Å². The largest absolute Gasteiger partial charge is 0.147 e. The van der Waals surface area contributed by atoms with E-state index in [-0.39, 0.29) is 24.8 Å². The van der Waals surface area contributed by atoms with Crippen molar-refractivity contribution in [1.29, 1.82) is 0 Å². The van der Waals surface area contributed by atoms with Gasteiger partial charge in [-0.2, -0.15) is 0 Å². The van der Waals surface area contributed by atoms with Gasteiger partial charge in [-0.15, -0.1) is 24.8 Å². The number of halogens is 2. The first-order chi connectivity index (χ1) is 14.3. The maximum Gasteiger partial charge on any atom is -0.147 e. The molecule has 0 fully saturated rings. The van der Waals surface area contributed by atoms with Crippen molar-refractivity contribution in [2.75, 3.05) is 14.1 Å². The first-order valence-corrected chi connectivity index (χ1v) is 21.9. The summed E-state index contributed by atoms with van der Waals surface area (Å²) in [6, 6.07) is 16.9. The van der Waals surface area contributed by atoms with Crippen LogP contribution in [0.4, 0.5) is 0 Å². The van der Waals surface area contributed by atoms with E-state index in [1.165, 1.54) is 10.8 Å². The van der Waals surface area contributed by atoms with Crippen LogP contribution in [0, 0.1) is 6.92 Å². The first kappa shape index (κ1) is 31.0. The minimum absolute atomic E-state index is 0. The normalized spacial score (nSPS) is 17.9. The summed E-state index contributed by atoms with van der Waals surface area (Å²) in [5.41, 5.74) is 4.46. The van der Waals surface area contributed by atoms with Gasteiger partial charge in [-0.3, -0.25) is 0 Å². The molecule has 0 saturated carbocycles. The van der Waals surface area contributed by atoms with Crippen LogP contribution in [0.1, 0.15) is 41.7 Å². The molecule has 0 saturated heterocycles. The minimum Gasteiger partial charge on any atom is -0.147 e. The van der Waals surface area contributed by atoms with E-state index in [2.05, 4.69) is 115 Å². The van der Waals surface area contributed by atoms with Crippen LogP contribution >= 0.6 is 24.8 Å². The van der Waals surface area contributed by atoms with Gasteiger partial charge in [-0.1, -0.05) is 0 Å². The summed E-state index contributed by atoms with van der Waals surface area (Å²) in [4.78, 5) is 2.45. The smallest absolute Gasteiger partial charge is 0.147 e. The molecule has 0 aromatic heterocycles. The van der Waals surface area contributed by atoms with E-state index in [4.69, 9.17) is 3.32 Å². The first-order valence-electron chi connectivity index (χ1n) is 11.7. The third-order valence-corrected chi connectivity index (χ3v) is 24.3. The van der Waals surface area contributed by atoms with Gasteiger partial charge in [-0.05, 0) is 0 Å². The van der Waals surface area contributed by atoms with Crippen LogP contribution in [0.25, 0.3) is 0 Å². The number of rotatable bonds is 6. The molecule has 2 nitrogen and oxygen atoms in total. The Morgan fingerprint density at radius 1 is 1.03 bits per heavy atom. The van der Waals surface area contributed by atoms with Crippen molar-refractivity contribution in [3.63, 3.8) is 0 Å². The number of likely N-dealkylation sites (N-methyl/N-ethyl adjacent to an activating group) is 1. The van der Waals surface area contributed by atoms with Gasteiger partial charge in [0, 0.05) is 0 Å². The molecule has 2 atom stereocenters. The monoisotopic (exact) mass is 560 g/mol. The fourth-order valence-electron chi connectivity index (χ4n) is 4.67. The van der Waals surface area contributed by atoms with Crippen molar-refractivity contribution in [2.24, 2.45) is 0 Å². The molecule has 2 aromatic rings. The molecule has 2 aromatic carbocycles. The fourth-order valence-corrected chi connectivity index (χ4v) is 17.2. The number of fused-ring (bicyclic) bond motifs is 1. The second-order valence-corrected chi connectivity index (χ2v) is 29.4. The molecule has 1 aliphatic carbocycles. The van der Waals surface area contributed by atoms with E-state index in [1.54, 1.807) is 11.1 Å². The van der Waals surface area contributed by atoms with Crippen molar-refractivity contribution in [3.05, 3.63) is 59.2 Å². The molecule has 1 aliphatic rings. The van der Waals surface area contributed by atoms with Gasteiger partial charge in [0.1, 0.15) is 0 Å². The molecular weight excluding hydrogens is 517 g/mol. The average Bonchev–Trinajstić information content (AvgIpc) is 3.04. The summed E-state index contributed by atoms with van der Waals surface area (Å²) >= 11 is -1.81. The summed E-state index contributed by atoms with van der Waals surface area (Å²) in [5.74, 6) is 1.15. The van der Waals surface area contributed by atoms with E-state index in [0.717, 1.165) is 12.2 Å². The van der Waals surface area contributed by atoms with Gasteiger partial charge in [0.15, 0.2) is 0 Å². The van der Waals surface area contributed by atoms with Crippen molar-refractivity contribution in [1.82, 2.24) is 4.90 Å². The van der Waals surface area contributed by atoms with Crippen LogP contribution in [-0.4, -0.2) is 39.8 Å². The zero-order valence-corrected chi connectivity index (χ0v) is 27.5. The Bertz CT molecular complexity index is 931. The zero-order chi connectivity index (χ0) is 23.1. The van der Waals surface area contributed by atoms with Crippen LogP contribution in [0.3, 0.4) is 0 Å². The third kappa shape index (κ3) is 6.58. The summed E-state index contributed by atoms with van der Waals surface area (Å²) < 4.78 is 7.76. The van der Waals surface area contributed by atoms with Crippen LogP contribution in [0.2, 0.25) is 31.2 Å². The summed E-state index contributed by atoms with van der Waals surface area (Å²) in [5, 5.41) is 1.86. The second kappa shape index (κ2) is 11.8. The topological polar surface area (TPSA) is 12.5 Å². The molecule has 0 N–H and O–H groups in total. The Kier molecular flexibility index (Phi) is 11.0. The molecule has 185 valence electrons. The number of hydrogen-bond acceptors (Lipinski definition) is 2. The molecule has 33 heavy (non-hydrogen) atoms. The molecule has 0 spiro atoms. The van der Waals surface area contributed by atoms with E-state index in [9.17, 15) is 0 Å². The molecule has 0 heterocycles. The van der Waals surface area contributed by atoms with E-state index in [0.29, 0.717) is 15.3 Å². The third-order valence-electron chi connectivity index (χ3n) is 7.63. The van der Waals surface area contributed by atoms with Crippen LogP contribution < -0.4 is 8.51 Å². The second-order valence-electron chi connectivity index (χ2n) is 11.5. The van der Waals surface area contributed by atoms with Gasteiger partial charge < -0.3 is 0 Å². The molecule has 3 rings (SSSR count). The van der Waals surface area contributed by atoms with Gasteiger partial charge in [0.25, 0.3) is 0 Å². The van der Waals surface area contributed by atoms with Crippen molar-refractivity contribution in [2.45, 2.75) is 75.6 Å². The predicted molar refractivity (Wildman–Crippen MR) is 152 cm³/mol. The van der Waals surface area contributed by atoms with Crippen LogP contribution in [-0.2, 0) is 23.9 Å².